The lowest BCUT2D eigenvalue weighted by molar-refractivity contribution is 0.0321. The van der Waals surface area contributed by atoms with Crippen molar-refractivity contribution in [2.24, 2.45) is 22.7 Å². The van der Waals surface area contributed by atoms with Gasteiger partial charge in [-0.05, 0) is 58.3 Å². The van der Waals surface area contributed by atoms with Gasteiger partial charge in [0.25, 0.3) is 6.02 Å². The predicted octanol–water partition coefficient (Wildman–Crippen LogP) is 4.23. The molecule has 1 aliphatic carbocycles. The van der Waals surface area contributed by atoms with Crippen molar-refractivity contribution in [1.29, 1.82) is 0 Å². The lowest BCUT2D eigenvalue weighted by atomic mass is 9.75. The quantitative estimate of drug-likeness (QED) is 0.618. The first-order chi connectivity index (χ1) is 9.29. The van der Waals surface area contributed by atoms with E-state index >= 15 is 0 Å². The standard InChI is InChI=1S/C17H34N2O/c1-11(2)15-9-8-14(7)10-16(15)20-17(18-12(3)4)19-13(5)6/h11-16H,8-10H2,1-7H3,(H,18,19). The van der Waals surface area contributed by atoms with Gasteiger partial charge in [-0.15, -0.1) is 0 Å². The van der Waals surface area contributed by atoms with E-state index < -0.39 is 0 Å². The van der Waals surface area contributed by atoms with Crippen LogP contribution in [0.1, 0.15) is 67.7 Å². The summed E-state index contributed by atoms with van der Waals surface area (Å²) in [5.41, 5.74) is 0. The summed E-state index contributed by atoms with van der Waals surface area (Å²) in [6, 6.07) is 1.35. The molecule has 3 unspecified atom stereocenters. The van der Waals surface area contributed by atoms with Gasteiger partial charge in [0.2, 0.25) is 0 Å². The van der Waals surface area contributed by atoms with Gasteiger partial charge in [-0.1, -0.05) is 27.2 Å². The molecule has 0 aromatic carbocycles. The Kier molecular flexibility index (Phi) is 6.84. The number of aliphatic imine (C=N–C) groups is 1. The molecule has 0 saturated heterocycles. The molecular formula is C17H34N2O. The van der Waals surface area contributed by atoms with Crippen molar-refractivity contribution in [2.45, 2.75) is 85.9 Å². The Morgan fingerprint density at radius 2 is 1.75 bits per heavy atom. The van der Waals surface area contributed by atoms with Gasteiger partial charge in [-0.25, -0.2) is 4.99 Å². The first-order valence-corrected chi connectivity index (χ1v) is 8.30. The van der Waals surface area contributed by atoms with E-state index in [1.807, 2.05) is 0 Å². The Morgan fingerprint density at radius 1 is 1.10 bits per heavy atom. The van der Waals surface area contributed by atoms with Crippen LogP contribution in [0.15, 0.2) is 4.99 Å². The lowest BCUT2D eigenvalue weighted by Gasteiger charge is -2.37. The molecule has 3 heteroatoms. The van der Waals surface area contributed by atoms with Crippen LogP contribution in [0.5, 0.6) is 0 Å². The van der Waals surface area contributed by atoms with Gasteiger partial charge < -0.3 is 10.1 Å². The van der Waals surface area contributed by atoms with Crippen LogP contribution in [-0.4, -0.2) is 24.2 Å². The Morgan fingerprint density at radius 3 is 2.25 bits per heavy atom. The van der Waals surface area contributed by atoms with E-state index in [4.69, 9.17) is 4.74 Å². The average molecular weight is 282 g/mol. The van der Waals surface area contributed by atoms with Gasteiger partial charge in [-0.3, -0.25) is 0 Å². The second kappa shape index (κ2) is 7.90. The van der Waals surface area contributed by atoms with Crippen LogP contribution in [-0.2, 0) is 4.74 Å². The number of amidine groups is 1. The summed E-state index contributed by atoms with van der Waals surface area (Å²) in [4.78, 5) is 4.61. The van der Waals surface area contributed by atoms with Gasteiger partial charge in [0.1, 0.15) is 6.10 Å². The maximum atomic E-state index is 6.30. The van der Waals surface area contributed by atoms with Crippen molar-refractivity contribution >= 4 is 6.02 Å². The first kappa shape index (κ1) is 17.3. The van der Waals surface area contributed by atoms with Crippen LogP contribution in [0.2, 0.25) is 0 Å². The maximum Gasteiger partial charge on any atom is 0.285 e. The van der Waals surface area contributed by atoms with E-state index in [1.54, 1.807) is 0 Å². The zero-order chi connectivity index (χ0) is 15.3. The van der Waals surface area contributed by atoms with E-state index in [-0.39, 0.29) is 6.04 Å². The van der Waals surface area contributed by atoms with Crippen molar-refractivity contribution in [1.82, 2.24) is 5.32 Å². The van der Waals surface area contributed by atoms with E-state index in [0.717, 1.165) is 18.4 Å². The van der Waals surface area contributed by atoms with E-state index in [1.165, 1.54) is 12.8 Å². The van der Waals surface area contributed by atoms with Gasteiger partial charge in [0.15, 0.2) is 0 Å². The van der Waals surface area contributed by atoms with Crippen molar-refractivity contribution in [3.8, 4) is 0 Å². The average Bonchev–Trinajstić information content (AvgIpc) is 2.26. The topological polar surface area (TPSA) is 33.6 Å². The minimum absolute atomic E-state index is 0.259. The highest BCUT2D eigenvalue weighted by Crippen LogP contribution is 2.35. The molecule has 1 aliphatic rings. The fourth-order valence-electron chi connectivity index (χ4n) is 2.98. The molecule has 0 aromatic heterocycles. The second-order valence-electron chi connectivity index (χ2n) is 7.31. The molecule has 1 fully saturated rings. The third-order valence-corrected chi connectivity index (χ3v) is 4.01. The molecular weight excluding hydrogens is 248 g/mol. The van der Waals surface area contributed by atoms with Crippen molar-refractivity contribution in [3.63, 3.8) is 0 Å². The molecule has 118 valence electrons. The Balaban J connectivity index is 2.77. The SMILES string of the molecule is CC1CCC(C(C)C)C(OC(=NC(C)C)NC(C)C)C1. The van der Waals surface area contributed by atoms with Gasteiger partial charge in [0, 0.05) is 12.1 Å². The molecule has 1 N–H and O–H groups in total. The number of hydrogen-bond acceptors (Lipinski definition) is 2. The van der Waals surface area contributed by atoms with E-state index in [2.05, 4.69) is 58.8 Å². The molecule has 0 amide bonds. The highest BCUT2D eigenvalue weighted by atomic mass is 16.5. The number of nitrogens with one attached hydrogen (secondary N) is 1. The zero-order valence-electron chi connectivity index (χ0n) is 14.4. The molecule has 3 nitrogen and oxygen atoms in total. The number of ether oxygens (including phenoxy) is 1. The predicted molar refractivity (Wildman–Crippen MR) is 87.1 cm³/mol. The molecule has 0 aromatic rings. The molecule has 0 heterocycles. The third kappa shape index (κ3) is 5.72. The van der Waals surface area contributed by atoms with Crippen molar-refractivity contribution in [3.05, 3.63) is 0 Å². The maximum absolute atomic E-state index is 6.30. The monoisotopic (exact) mass is 282 g/mol. The largest absolute Gasteiger partial charge is 0.462 e. The summed E-state index contributed by atoms with van der Waals surface area (Å²) in [6.07, 6.45) is 4.07. The normalized spacial score (nSPS) is 28.3. The molecule has 20 heavy (non-hydrogen) atoms. The molecule has 0 radical (unpaired) electrons. The fraction of sp³-hybridized carbons (Fsp3) is 0.941. The summed E-state index contributed by atoms with van der Waals surface area (Å²) >= 11 is 0. The van der Waals surface area contributed by atoms with Gasteiger partial charge >= 0.3 is 0 Å². The third-order valence-electron chi connectivity index (χ3n) is 4.01. The van der Waals surface area contributed by atoms with Crippen LogP contribution in [0.25, 0.3) is 0 Å². The highest BCUT2D eigenvalue weighted by molar-refractivity contribution is 5.74. The van der Waals surface area contributed by atoms with Gasteiger partial charge in [0.05, 0.1) is 0 Å². The van der Waals surface area contributed by atoms with Crippen LogP contribution in [0.4, 0.5) is 0 Å². The Hall–Kier alpha value is -0.730. The number of rotatable bonds is 4. The lowest BCUT2D eigenvalue weighted by Crippen LogP contribution is -2.41. The molecule has 3 atom stereocenters. The van der Waals surface area contributed by atoms with Crippen LogP contribution in [0, 0.1) is 17.8 Å². The summed E-state index contributed by atoms with van der Waals surface area (Å²) in [5, 5.41) is 3.36. The van der Waals surface area contributed by atoms with E-state index in [0.29, 0.717) is 24.0 Å². The Bertz CT molecular complexity index is 310. The summed E-state index contributed by atoms with van der Waals surface area (Å²) < 4.78 is 6.30. The van der Waals surface area contributed by atoms with E-state index in [9.17, 15) is 0 Å². The van der Waals surface area contributed by atoms with Crippen LogP contribution < -0.4 is 5.32 Å². The highest BCUT2D eigenvalue weighted by Gasteiger charge is 2.33. The van der Waals surface area contributed by atoms with Crippen LogP contribution >= 0.6 is 0 Å². The van der Waals surface area contributed by atoms with Gasteiger partial charge in [-0.2, -0.15) is 0 Å². The number of hydrogen-bond donors (Lipinski definition) is 1. The van der Waals surface area contributed by atoms with Crippen molar-refractivity contribution in [2.75, 3.05) is 0 Å². The molecule has 1 rings (SSSR count). The first-order valence-electron chi connectivity index (χ1n) is 8.30. The molecule has 1 saturated carbocycles. The summed E-state index contributed by atoms with van der Waals surface area (Å²) in [6.45, 7) is 15.4. The summed E-state index contributed by atoms with van der Waals surface area (Å²) in [7, 11) is 0. The molecule has 0 aliphatic heterocycles. The molecule has 0 bridgehead atoms. The fourth-order valence-corrected chi connectivity index (χ4v) is 2.98. The van der Waals surface area contributed by atoms with Crippen molar-refractivity contribution < 1.29 is 4.74 Å². The minimum Gasteiger partial charge on any atom is -0.462 e. The smallest absolute Gasteiger partial charge is 0.285 e. The Labute approximate surface area is 125 Å². The minimum atomic E-state index is 0.259. The van der Waals surface area contributed by atoms with Crippen LogP contribution in [0.3, 0.4) is 0 Å². The zero-order valence-corrected chi connectivity index (χ0v) is 14.4. The second-order valence-corrected chi connectivity index (χ2v) is 7.31. The molecule has 0 spiro atoms. The summed E-state index contributed by atoms with van der Waals surface area (Å²) in [5.74, 6) is 2.08. The number of nitrogens with zero attached hydrogens (tertiary/aromatic N) is 1.